The van der Waals surface area contributed by atoms with E-state index in [2.05, 4.69) is 24.8 Å². The van der Waals surface area contributed by atoms with Gasteiger partial charge in [-0.2, -0.15) is 0 Å². The monoisotopic (exact) mass is 346 g/mol. The second-order valence-corrected chi connectivity index (χ2v) is 6.53. The van der Waals surface area contributed by atoms with Crippen molar-refractivity contribution in [3.8, 4) is 0 Å². The zero-order chi connectivity index (χ0) is 16.9. The van der Waals surface area contributed by atoms with E-state index in [-0.39, 0.29) is 5.91 Å². The summed E-state index contributed by atoms with van der Waals surface area (Å²) in [5.41, 5.74) is 1.03. The van der Waals surface area contributed by atoms with Crippen molar-refractivity contribution in [2.24, 2.45) is 0 Å². The third kappa shape index (κ3) is 3.88. The largest absolute Gasteiger partial charge is 0.338 e. The summed E-state index contributed by atoms with van der Waals surface area (Å²) in [6.45, 7) is 8.74. The van der Waals surface area contributed by atoms with Gasteiger partial charge in [-0.05, 0) is 13.0 Å². The highest BCUT2D eigenvalue weighted by molar-refractivity contribution is 7.14. The van der Waals surface area contributed by atoms with Gasteiger partial charge in [0, 0.05) is 64.0 Å². The third-order valence-corrected chi connectivity index (χ3v) is 4.97. The van der Waals surface area contributed by atoms with Crippen LogP contribution < -0.4 is 9.80 Å². The van der Waals surface area contributed by atoms with Crippen LogP contribution in [0.3, 0.4) is 0 Å². The minimum absolute atomic E-state index is 0.0369. The molecule has 0 unspecified atom stereocenters. The minimum Gasteiger partial charge on any atom is -0.338 e. The molecule has 128 valence electrons. The molecule has 1 aliphatic heterocycles. The molecule has 1 saturated heterocycles. The molecule has 0 bridgehead atoms. The molecule has 0 N–H and O–H groups in total. The first-order valence-electron chi connectivity index (χ1n) is 8.14. The van der Waals surface area contributed by atoms with Gasteiger partial charge in [0.05, 0.1) is 5.69 Å². The van der Waals surface area contributed by atoms with Crippen LogP contribution >= 0.6 is 11.3 Å². The Balaban J connectivity index is 1.55. The Labute approximate surface area is 146 Å². The van der Waals surface area contributed by atoms with Gasteiger partial charge >= 0.3 is 0 Å². The van der Waals surface area contributed by atoms with E-state index in [0.29, 0.717) is 6.54 Å². The first-order chi connectivity index (χ1) is 11.7. The Bertz CT molecular complexity index is 668. The highest BCUT2D eigenvalue weighted by Crippen LogP contribution is 2.22. The Kier molecular flexibility index (Phi) is 5.37. The number of piperazine rings is 1. The van der Waals surface area contributed by atoms with Crippen molar-refractivity contribution < 1.29 is 4.79 Å². The van der Waals surface area contributed by atoms with Crippen molar-refractivity contribution in [2.75, 3.05) is 42.5 Å². The molecule has 2 aromatic heterocycles. The quantitative estimate of drug-likeness (QED) is 0.820. The zero-order valence-electron chi connectivity index (χ0n) is 14.1. The summed E-state index contributed by atoms with van der Waals surface area (Å²) in [6, 6.07) is 1.83. The van der Waals surface area contributed by atoms with Crippen molar-refractivity contribution in [1.82, 2.24) is 19.9 Å². The minimum atomic E-state index is 0.0369. The molecule has 0 saturated carbocycles. The van der Waals surface area contributed by atoms with Crippen LogP contribution in [0.15, 0.2) is 23.8 Å². The molecule has 24 heavy (non-hydrogen) atoms. The molecule has 0 aliphatic carbocycles. The molecular formula is C16H22N6OS. The molecule has 0 aromatic carbocycles. The number of hydrogen-bond acceptors (Lipinski definition) is 7. The maximum absolute atomic E-state index is 11.6. The van der Waals surface area contributed by atoms with E-state index in [1.165, 1.54) is 11.3 Å². The van der Waals surface area contributed by atoms with Gasteiger partial charge in [0.2, 0.25) is 11.9 Å². The SMILES string of the molecule is CCN(C(C)=O)c1nc(CN2CCN(c3ncccn3)CC2)cs1. The van der Waals surface area contributed by atoms with E-state index < -0.39 is 0 Å². The lowest BCUT2D eigenvalue weighted by molar-refractivity contribution is -0.116. The van der Waals surface area contributed by atoms with Gasteiger partial charge in [0.15, 0.2) is 5.13 Å². The highest BCUT2D eigenvalue weighted by atomic mass is 32.1. The number of thiazole rings is 1. The van der Waals surface area contributed by atoms with Crippen molar-refractivity contribution >= 4 is 28.3 Å². The summed E-state index contributed by atoms with van der Waals surface area (Å²) in [5, 5.41) is 2.84. The van der Waals surface area contributed by atoms with E-state index in [1.54, 1.807) is 24.2 Å². The highest BCUT2D eigenvalue weighted by Gasteiger charge is 2.20. The molecule has 1 fully saturated rings. The van der Waals surface area contributed by atoms with Gasteiger partial charge in [-0.15, -0.1) is 11.3 Å². The lowest BCUT2D eigenvalue weighted by Gasteiger charge is -2.34. The predicted molar refractivity (Wildman–Crippen MR) is 95.3 cm³/mol. The maximum atomic E-state index is 11.6. The van der Waals surface area contributed by atoms with Crippen LogP contribution in [-0.4, -0.2) is 58.5 Å². The third-order valence-electron chi connectivity index (χ3n) is 4.06. The average Bonchev–Trinajstić information content (AvgIpc) is 3.05. The summed E-state index contributed by atoms with van der Waals surface area (Å²) in [4.78, 5) is 31.1. The molecule has 3 rings (SSSR count). The molecule has 2 aromatic rings. The normalized spacial score (nSPS) is 15.5. The molecule has 0 radical (unpaired) electrons. The van der Waals surface area contributed by atoms with Crippen LogP contribution in [0.1, 0.15) is 19.5 Å². The topological polar surface area (TPSA) is 65.5 Å². The molecule has 1 aliphatic rings. The lowest BCUT2D eigenvalue weighted by Crippen LogP contribution is -2.46. The van der Waals surface area contributed by atoms with Crippen LogP contribution in [0, 0.1) is 0 Å². The summed E-state index contributed by atoms with van der Waals surface area (Å²) >= 11 is 1.53. The lowest BCUT2D eigenvalue weighted by atomic mass is 10.3. The van der Waals surface area contributed by atoms with E-state index >= 15 is 0 Å². The number of hydrogen-bond donors (Lipinski definition) is 0. The Morgan fingerprint density at radius 2 is 1.96 bits per heavy atom. The van der Waals surface area contributed by atoms with Crippen LogP contribution in [0.4, 0.5) is 11.1 Å². The molecule has 1 amide bonds. The first-order valence-corrected chi connectivity index (χ1v) is 9.02. The Morgan fingerprint density at radius 3 is 2.58 bits per heavy atom. The summed E-state index contributed by atoms with van der Waals surface area (Å²) < 4.78 is 0. The number of aromatic nitrogens is 3. The summed E-state index contributed by atoms with van der Waals surface area (Å²) in [6.07, 6.45) is 3.56. The summed E-state index contributed by atoms with van der Waals surface area (Å²) in [7, 11) is 0. The Morgan fingerprint density at radius 1 is 1.25 bits per heavy atom. The van der Waals surface area contributed by atoms with E-state index in [1.807, 2.05) is 18.4 Å². The fourth-order valence-electron chi connectivity index (χ4n) is 2.78. The van der Waals surface area contributed by atoms with Crippen LogP contribution in [0.2, 0.25) is 0 Å². The van der Waals surface area contributed by atoms with E-state index in [0.717, 1.165) is 49.5 Å². The fraction of sp³-hybridized carbons (Fsp3) is 0.500. The van der Waals surface area contributed by atoms with Crippen molar-refractivity contribution in [3.05, 3.63) is 29.5 Å². The van der Waals surface area contributed by atoms with E-state index in [4.69, 9.17) is 0 Å². The van der Waals surface area contributed by atoms with Gasteiger partial charge < -0.3 is 4.90 Å². The molecular weight excluding hydrogens is 324 g/mol. The second kappa shape index (κ2) is 7.67. The number of carbonyl (C=O) groups excluding carboxylic acids is 1. The summed E-state index contributed by atoms with van der Waals surface area (Å²) in [5.74, 6) is 0.836. The van der Waals surface area contributed by atoms with Gasteiger partial charge in [-0.3, -0.25) is 14.6 Å². The first kappa shape index (κ1) is 16.8. The van der Waals surface area contributed by atoms with Gasteiger partial charge in [-0.25, -0.2) is 15.0 Å². The van der Waals surface area contributed by atoms with E-state index in [9.17, 15) is 4.79 Å². The second-order valence-electron chi connectivity index (χ2n) is 5.70. The van der Waals surface area contributed by atoms with Gasteiger partial charge in [0.1, 0.15) is 0 Å². The number of amides is 1. The molecule has 3 heterocycles. The predicted octanol–water partition coefficient (Wildman–Crippen LogP) is 1.63. The van der Waals surface area contributed by atoms with Gasteiger partial charge in [0.25, 0.3) is 0 Å². The number of rotatable bonds is 5. The van der Waals surface area contributed by atoms with Crippen LogP contribution in [-0.2, 0) is 11.3 Å². The molecule has 7 nitrogen and oxygen atoms in total. The number of carbonyl (C=O) groups is 1. The van der Waals surface area contributed by atoms with Crippen LogP contribution in [0.25, 0.3) is 0 Å². The molecule has 8 heteroatoms. The molecule has 0 spiro atoms. The molecule has 0 atom stereocenters. The van der Waals surface area contributed by atoms with Gasteiger partial charge in [-0.1, -0.05) is 0 Å². The number of nitrogens with zero attached hydrogens (tertiary/aromatic N) is 6. The average molecular weight is 346 g/mol. The van der Waals surface area contributed by atoms with Crippen molar-refractivity contribution in [2.45, 2.75) is 20.4 Å². The smallest absolute Gasteiger partial charge is 0.225 e. The Hall–Kier alpha value is -2.06. The zero-order valence-corrected chi connectivity index (χ0v) is 14.9. The van der Waals surface area contributed by atoms with Crippen LogP contribution in [0.5, 0.6) is 0 Å². The maximum Gasteiger partial charge on any atom is 0.225 e. The fourth-order valence-corrected chi connectivity index (χ4v) is 3.70. The van der Waals surface area contributed by atoms with Crippen molar-refractivity contribution in [3.63, 3.8) is 0 Å². The van der Waals surface area contributed by atoms with Crippen molar-refractivity contribution in [1.29, 1.82) is 0 Å². The number of anilines is 2. The standard InChI is InChI=1S/C16H22N6OS/c1-3-22(13(2)23)16-19-14(12-24-16)11-20-7-9-21(10-8-20)15-17-5-4-6-18-15/h4-6,12H,3,7-11H2,1-2H3.